The molecule has 0 saturated carbocycles. The molecule has 0 amide bonds. The fourth-order valence-corrected chi connectivity index (χ4v) is 3.94. The van der Waals surface area contributed by atoms with Crippen molar-refractivity contribution in [3.8, 4) is 22.8 Å². The number of likely N-dealkylation sites (N-methyl/N-ethyl adjacent to an activating group) is 1. The standard InChI is InChI=1S/C25H28N6O4/c1-16-24(17-8-6-7-9-20(17)30(16)4)18-10-11-26-25(27-18)28-19-14-21(31(32)33)23(15-22(19)34-5)35-13-12-29(2)3/h6-11,14-15H,12-13H2,1-5H3,(H,26,27,28). The van der Waals surface area contributed by atoms with E-state index in [0.29, 0.717) is 30.5 Å². The molecule has 0 aliphatic carbocycles. The smallest absolute Gasteiger partial charge is 0.313 e. The van der Waals surface area contributed by atoms with E-state index >= 15 is 0 Å². The molecule has 0 radical (unpaired) electrons. The zero-order chi connectivity index (χ0) is 25.1. The number of rotatable bonds is 9. The van der Waals surface area contributed by atoms with Gasteiger partial charge >= 0.3 is 5.69 Å². The molecule has 2 heterocycles. The number of nitrogens with zero attached hydrogens (tertiary/aromatic N) is 5. The fourth-order valence-electron chi connectivity index (χ4n) is 3.94. The highest BCUT2D eigenvalue weighted by Gasteiger charge is 2.22. The lowest BCUT2D eigenvalue weighted by Crippen LogP contribution is -2.19. The van der Waals surface area contributed by atoms with Crippen LogP contribution < -0.4 is 14.8 Å². The fraction of sp³-hybridized carbons (Fsp3) is 0.280. The Hall–Kier alpha value is -4.18. The van der Waals surface area contributed by atoms with Crippen molar-refractivity contribution in [2.75, 3.05) is 39.7 Å². The molecule has 0 aliphatic rings. The highest BCUT2D eigenvalue weighted by Crippen LogP contribution is 2.39. The number of hydrogen-bond acceptors (Lipinski definition) is 8. The van der Waals surface area contributed by atoms with Crippen molar-refractivity contribution >= 4 is 28.2 Å². The molecule has 1 N–H and O–H groups in total. The maximum atomic E-state index is 11.7. The average Bonchev–Trinajstić information content (AvgIpc) is 3.09. The van der Waals surface area contributed by atoms with Crippen molar-refractivity contribution < 1.29 is 14.4 Å². The summed E-state index contributed by atoms with van der Waals surface area (Å²) >= 11 is 0. The number of para-hydroxylation sites is 1. The van der Waals surface area contributed by atoms with Gasteiger partial charge < -0.3 is 24.3 Å². The molecular formula is C25H28N6O4. The van der Waals surface area contributed by atoms with Gasteiger partial charge in [0.2, 0.25) is 11.7 Å². The Morgan fingerprint density at radius 2 is 1.94 bits per heavy atom. The zero-order valence-corrected chi connectivity index (χ0v) is 20.4. The molecule has 0 bridgehead atoms. The molecule has 4 aromatic rings. The van der Waals surface area contributed by atoms with E-state index in [1.807, 2.05) is 51.2 Å². The summed E-state index contributed by atoms with van der Waals surface area (Å²) < 4.78 is 13.3. The number of methoxy groups -OCH3 is 1. The van der Waals surface area contributed by atoms with E-state index in [1.54, 1.807) is 6.20 Å². The van der Waals surface area contributed by atoms with Crippen LogP contribution in [0.5, 0.6) is 11.5 Å². The van der Waals surface area contributed by atoms with Crippen molar-refractivity contribution in [1.82, 2.24) is 19.4 Å². The van der Waals surface area contributed by atoms with Crippen molar-refractivity contribution in [2.45, 2.75) is 6.92 Å². The minimum absolute atomic E-state index is 0.139. The molecule has 0 atom stereocenters. The first-order valence-corrected chi connectivity index (χ1v) is 11.1. The third-order valence-corrected chi connectivity index (χ3v) is 5.83. The van der Waals surface area contributed by atoms with Crippen LogP contribution in [-0.4, -0.2) is 58.7 Å². The van der Waals surface area contributed by atoms with Crippen LogP contribution >= 0.6 is 0 Å². The van der Waals surface area contributed by atoms with E-state index in [1.165, 1.54) is 19.2 Å². The summed E-state index contributed by atoms with van der Waals surface area (Å²) in [7, 11) is 7.32. The third-order valence-electron chi connectivity index (χ3n) is 5.83. The maximum absolute atomic E-state index is 11.7. The molecule has 2 aromatic heterocycles. The minimum Gasteiger partial charge on any atom is -0.494 e. The van der Waals surface area contributed by atoms with Gasteiger partial charge in [-0.05, 0) is 33.2 Å². The van der Waals surface area contributed by atoms with Gasteiger partial charge in [-0.3, -0.25) is 10.1 Å². The summed E-state index contributed by atoms with van der Waals surface area (Å²) in [5.74, 6) is 0.815. The molecule has 10 nitrogen and oxygen atoms in total. The number of aromatic nitrogens is 3. The largest absolute Gasteiger partial charge is 0.494 e. The van der Waals surface area contributed by atoms with Crippen molar-refractivity contribution in [3.05, 3.63) is 64.5 Å². The Morgan fingerprint density at radius 1 is 1.17 bits per heavy atom. The average molecular weight is 477 g/mol. The van der Waals surface area contributed by atoms with E-state index in [2.05, 4.69) is 27.0 Å². The first-order valence-electron chi connectivity index (χ1n) is 11.1. The van der Waals surface area contributed by atoms with Gasteiger partial charge in [-0.15, -0.1) is 0 Å². The lowest BCUT2D eigenvalue weighted by Gasteiger charge is -2.15. The Morgan fingerprint density at radius 3 is 2.66 bits per heavy atom. The maximum Gasteiger partial charge on any atom is 0.313 e. The predicted molar refractivity (Wildman–Crippen MR) is 136 cm³/mol. The van der Waals surface area contributed by atoms with E-state index in [9.17, 15) is 10.1 Å². The van der Waals surface area contributed by atoms with E-state index in [-0.39, 0.29) is 11.4 Å². The van der Waals surface area contributed by atoms with Gasteiger partial charge in [0, 0.05) is 54.1 Å². The molecule has 10 heteroatoms. The van der Waals surface area contributed by atoms with E-state index < -0.39 is 4.92 Å². The van der Waals surface area contributed by atoms with Gasteiger partial charge in [0.1, 0.15) is 12.4 Å². The second-order valence-electron chi connectivity index (χ2n) is 8.36. The first-order chi connectivity index (χ1) is 16.8. The van der Waals surface area contributed by atoms with Crippen LogP contribution in [-0.2, 0) is 7.05 Å². The van der Waals surface area contributed by atoms with Crippen LogP contribution in [0.1, 0.15) is 5.69 Å². The number of hydrogen-bond donors (Lipinski definition) is 1. The number of fused-ring (bicyclic) bond motifs is 1. The van der Waals surface area contributed by atoms with E-state index in [4.69, 9.17) is 14.5 Å². The van der Waals surface area contributed by atoms with Crippen LogP contribution in [0.3, 0.4) is 0 Å². The number of anilines is 2. The van der Waals surface area contributed by atoms with Gasteiger partial charge in [-0.1, -0.05) is 18.2 Å². The lowest BCUT2D eigenvalue weighted by molar-refractivity contribution is -0.385. The zero-order valence-electron chi connectivity index (χ0n) is 20.4. The summed E-state index contributed by atoms with van der Waals surface area (Å²) in [6.45, 7) is 2.97. The number of ether oxygens (including phenoxy) is 2. The van der Waals surface area contributed by atoms with Crippen molar-refractivity contribution in [2.24, 2.45) is 7.05 Å². The highest BCUT2D eigenvalue weighted by atomic mass is 16.6. The molecule has 0 aliphatic heterocycles. The summed E-state index contributed by atoms with van der Waals surface area (Å²) in [6, 6.07) is 12.9. The van der Waals surface area contributed by atoms with Crippen LogP contribution in [0.15, 0.2) is 48.7 Å². The lowest BCUT2D eigenvalue weighted by atomic mass is 10.1. The minimum atomic E-state index is -0.480. The van der Waals surface area contributed by atoms with Crippen LogP contribution in [0.4, 0.5) is 17.3 Å². The van der Waals surface area contributed by atoms with Crippen molar-refractivity contribution in [1.29, 1.82) is 0 Å². The topological polar surface area (TPSA) is 108 Å². The first kappa shape index (κ1) is 24.0. The quantitative estimate of drug-likeness (QED) is 0.277. The molecule has 2 aromatic carbocycles. The van der Waals surface area contributed by atoms with Gasteiger partial charge in [0.15, 0.2) is 0 Å². The van der Waals surface area contributed by atoms with Gasteiger partial charge in [-0.2, -0.15) is 0 Å². The molecule has 182 valence electrons. The Balaban J connectivity index is 1.70. The summed E-state index contributed by atoms with van der Waals surface area (Å²) in [5, 5.41) is 15.9. The van der Waals surface area contributed by atoms with Crippen LogP contribution in [0.2, 0.25) is 0 Å². The molecule has 0 spiro atoms. The number of nitro benzene ring substituents is 1. The monoisotopic (exact) mass is 476 g/mol. The Bertz CT molecular complexity index is 1380. The number of aryl methyl sites for hydroxylation is 1. The van der Waals surface area contributed by atoms with Gasteiger partial charge in [-0.25, -0.2) is 9.97 Å². The SMILES string of the molecule is COc1cc(OCCN(C)C)c([N+](=O)[O-])cc1Nc1nccc(-c2c(C)n(C)c3ccccc23)n1. The summed E-state index contributed by atoms with van der Waals surface area (Å²) in [5.41, 5.74) is 4.13. The molecule has 4 rings (SSSR count). The number of benzene rings is 2. The number of nitro groups is 1. The van der Waals surface area contributed by atoms with Crippen molar-refractivity contribution in [3.63, 3.8) is 0 Å². The summed E-state index contributed by atoms with van der Waals surface area (Å²) in [4.78, 5) is 22.2. The Labute approximate surface area is 203 Å². The molecular weight excluding hydrogens is 448 g/mol. The van der Waals surface area contributed by atoms with E-state index in [0.717, 1.165) is 27.9 Å². The third kappa shape index (κ3) is 4.87. The second kappa shape index (κ2) is 9.98. The molecule has 0 fully saturated rings. The molecule has 35 heavy (non-hydrogen) atoms. The van der Waals surface area contributed by atoms with Crippen LogP contribution in [0, 0.1) is 17.0 Å². The second-order valence-corrected chi connectivity index (χ2v) is 8.36. The summed E-state index contributed by atoms with van der Waals surface area (Å²) in [6.07, 6.45) is 1.66. The van der Waals surface area contributed by atoms with Gasteiger partial charge in [0.25, 0.3) is 0 Å². The molecule has 0 unspecified atom stereocenters. The normalized spacial score (nSPS) is 11.1. The predicted octanol–water partition coefficient (Wildman–Crippen LogP) is 4.54. The number of nitrogens with one attached hydrogen (secondary N) is 1. The van der Waals surface area contributed by atoms with Crippen LogP contribution in [0.25, 0.3) is 22.2 Å². The highest BCUT2D eigenvalue weighted by molar-refractivity contribution is 5.97. The molecule has 0 saturated heterocycles. The van der Waals surface area contributed by atoms with Gasteiger partial charge in [0.05, 0.1) is 23.4 Å². The Kier molecular flexibility index (Phi) is 6.83.